The van der Waals surface area contributed by atoms with Crippen LogP contribution in [0.15, 0.2) is 18.2 Å². The SMILES string of the molecule is CNc1nc(-c2ccc(C)cc2OC)nc2c1CCCC2. The van der Waals surface area contributed by atoms with Gasteiger partial charge >= 0.3 is 0 Å². The smallest absolute Gasteiger partial charge is 0.165 e. The summed E-state index contributed by atoms with van der Waals surface area (Å²) in [6, 6.07) is 6.13. The Labute approximate surface area is 125 Å². The van der Waals surface area contributed by atoms with Crippen LogP contribution in [0.3, 0.4) is 0 Å². The standard InChI is InChI=1S/C17H21N3O/c1-11-8-9-13(15(10-11)21-3)17-19-14-7-5-4-6-12(14)16(18-2)20-17/h8-10H,4-7H2,1-3H3,(H,18,19,20). The summed E-state index contributed by atoms with van der Waals surface area (Å²) < 4.78 is 5.50. The van der Waals surface area contributed by atoms with E-state index in [0.717, 1.165) is 35.8 Å². The molecule has 4 nitrogen and oxygen atoms in total. The van der Waals surface area contributed by atoms with E-state index in [1.807, 2.05) is 19.2 Å². The largest absolute Gasteiger partial charge is 0.496 e. The van der Waals surface area contributed by atoms with Gasteiger partial charge in [0.15, 0.2) is 5.82 Å². The lowest BCUT2D eigenvalue weighted by Gasteiger charge is -2.19. The normalized spacial score (nSPS) is 13.7. The molecule has 2 aromatic rings. The Balaban J connectivity index is 2.15. The van der Waals surface area contributed by atoms with Crippen molar-refractivity contribution in [1.82, 2.24) is 9.97 Å². The third-order valence-electron chi connectivity index (χ3n) is 4.02. The highest BCUT2D eigenvalue weighted by molar-refractivity contribution is 5.67. The van der Waals surface area contributed by atoms with Crippen molar-refractivity contribution in [3.63, 3.8) is 0 Å². The van der Waals surface area contributed by atoms with Gasteiger partial charge in [-0.25, -0.2) is 9.97 Å². The summed E-state index contributed by atoms with van der Waals surface area (Å²) in [6.07, 6.45) is 4.53. The number of hydrogen-bond donors (Lipinski definition) is 1. The minimum atomic E-state index is 0.747. The third-order valence-corrected chi connectivity index (χ3v) is 4.02. The molecule has 0 aliphatic heterocycles. The van der Waals surface area contributed by atoms with E-state index in [0.29, 0.717) is 0 Å². The number of rotatable bonds is 3. The maximum Gasteiger partial charge on any atom is 0.165 e. The van der Waals surface area contributed by atoms with E-state index in [1.165, 1.54) is 29.7 Å². The van der Waals surface area contributed by atoms with Crippen LogP contribution < -0.4 is 10.1 Å². The zero-order chi connectivity index (χ0) is 14.8. The highest BCUT2D eigenvalue weighted by Gasteiger charge is 2.19. The molecule has 1 N–H and O–H groups in total. The number of aromatic nitrogens is 2. The highest BCUT2D eigenvalue weighted by atomic mass is 16.5. The van der Waals surface area contributed by atoms with Gasteiger partial charge in [0.05, 0.1) is 12.7 Å². The van der Waals surface area contributed by atoms with Crippen molar-refractivity contribution in [3.05, 3.63) is 35.0 Å². The monoisotopic (exact) mass is 283 g/mol. The minimum Gasteiger partial charge on any atom is -0.496 e. The van der Waals surface area contributed by atoms with E-state index in [9.17, 15) is 0 Å². The second-order valence-corrected chi connectivity index (χ2v) is 5.48. The van der Waals surface area contributed by atoms with Crippen LogP contribution >= 0.6 is 0 Å². The number of methoxy groups -OCH3 is 1. The zero-order valence-electron chi connectivity index (χ0n) is 12.9. The van der Waals surface area contributed by atoms with Crippen molar-refractivity contribution in [2.75, 3.05) is 19.5 Å². The van der Waals surface area contributed by atoms with Crippen molar-refractivity contribution >= 4 is 5.82 Å². The summed E-state index contributed by atoms with van der Waals surface area (Å²) in [4.78, 5) is 9.51. The average molecular weight is 283 g/mol. The molecule has 0 saturated carbocycles. The van der Waals surface area contributed by atoms with Gasteiger partial charge in [0.2, 0.25) is 0 Å². The molecule has 110 valence electrons. The fourth-order valence-corrected chi connectivity index (χ4v) is 2.90. The molecule has 3 rings (SSSR count). The van der Waals surface area contributed by atoms with Gasteiger partial charge in [0, 0.05) is 18.3 Å². The predicted molar refractivity (Wildman–Crippen MR) is 84.9 cm³/mol. The summed E-state index contributed by atoms with van der Waals surface area (Å²) in [5.41, 5.74) is 4.58. The second kappa shape index (κ2) is 5.72. The fraction of sp³-hybridized carbons (Fsp3) is 0.412. The Bertz CT molecular complexity index is 650. The summed E-state index contributed by atoms with van der Waals surface area (Å²) in [5, 5.41) is 3.22. The number of anilines is 1. The lowest BCUT2D eigenvalue weighted by atomic mass is 9.96. The first-order chi connectivity index (χ1) is 10.2. The Morgan fingerprint density at radius 1 is 1.14 bits per heavy atom. The highest BCUT2D eigenvalue weighted by Crippen LogP contribution is 2.32. The van der Waals surface area contributed by atoms with Crippen molar-refractivity contribution in [2.45, 2.75) is 32.6 Å². The molecule has 1 aromatic carbocycles. The Morgan fingerprint density at radius 2 is 1.95 bits per heavy atom. The summed E-state index contributed by atoms with van der Waals surface area (Å²) in [5.74, 6) is 2.53. The molecule has 0 radical (unpaired) electrons. The number of aryl methyl sites for hydroxylation is 2. The van der Waals surface area contributed by atoms with Gasteiger partial charge in [-0.2, -0.15) is 0 Å². The van der Waals surface area contributed by atoms with Gasteiger partial charge in [0.25, 0.3) is 0 Å². The number of nitrogens with one attached hydrogen (secondary N) is 1. The van der Waals surface area contributed by atoms with E-state index >= 15 is 0 Å². The molecule has 4 heteroatoms. The molecule has 0 atom stereocenters. The quantitative estimate of drug-likeness (QED) is 0.938. The number of benzene rings is 1. The molecule has 21 heavy (non-hydrogen) atoms. The van der Waals surface area contributed by atoms with Crippen LogP contribution in [-0.4, -0.2) is 24.1 Å². The first kappa shape index (κ1) is 13.9. The van der Waals surface area contributed by atoms with Crippen molar-refractivity contribution in [2.24, 2.45) is 0 Å². The van der Waals surface area contributed by atoms with Crippen LogP contribution in [0.4, 0.5) is 5.82 Å². The van der Waals surface area contributed by atoms with Crippen molar-refractivity contribution in [1.29, 1.82) is 0 Å². The summed E-state index contributed by atoms with van der Waals surface area (Å²) >= 11 is 0. The molecule has 0 saturated heterocycles. The summed E-state index contributed by atoms with van der Waals surface area (Å²) in [7, 11) is 3.61. The van der Waals surface area contributed by atoms with Gasteiger partial charge in [-0.1, -0.05) is 6.07 Å². The molecular formula is C17H21N3O. The molecular weight excluding hydrogens is 262 g/mol. The van der Waals surface area contributed by atoms with Crippen LogP contribution in [0.25, 0.3) is 11.4 Å². The van der Waals surface area contributed by atoms with Gasteiger partial charge in [-0.3, -0.25) is 0 Å². The van der Waals surface area contributed by atoms with E-state index in [-0.39, 0.29) is 0 Å². The van der Waals surface area contributed by atoms with Gasteiger partial charge in [-0.05, 0) is 50.3 Å². The first-order valence-corrected chi connectivity index (χ1v) is 7.45. The topological polar surface area (TPSA) is 47.0 Å². The maximum atomic E-state index is 5.50. The van der Waals surface area contributed by atoms with Crippen LogP contribution in [-0.2, 0) is 12.8 Å². The van der Waals surface area contributed by atoms with E-state index < -0.39 is 0 Å². The van der Waals surface area contributed by atoms with Gasteiger partial charge < -0.3 is 10.1 Å². The molecule has 1 aliphatic carbocycles. The molecule has 1 heterocycles. The average Bonchev–Trinajstić information content (AvgIpc) is 2.53. The van der Waals surface area contributed by atoms with E-state index in [2.05, 4.69) is 18.3 Å². The number of ether oxygens (including phenoxy) is 1. The Hall–Kier alpha value is -2.10. The van der Waals surface area contributed by atoms with Crippen molar-refractivity contribution < 1.29 is 4.74 Å². The number of fused-ring (bicyclic) bond motifs is 1. The Kier molecular flexibility index (Phi) is 3.78. The van der Waals surface area contributed by atoms with Crippen molar-refractivity contribution in [3.8, 4) is 17.1 Å². The third kappa shape index (κ3) is 2.58. The molecule has 0 bridgehead atoms. The van der Waals surface area contributed by atoms with Gasteiger partial charge in [0.1, 0.15) is 11.6 Å². The van der Waals surface area contributed by atoms with E-state index in [1.54, 1.807) is 7.11 Å². The zero-order valence-corrected chi connectivity index (χ0v) is 12.9. The number of nitrogens with zero attached hydrogens (tertiary/aromatic N) is 2. The first-order valence-electron chi connectivity index (χ1n) is 7.45. The molecule has 0 spiro atoms. The van der Waals surface area contributed by atoms with Crippen LogP contribution in [0.5, 0.6) is 5.75 Å². The lowest BCUT2D eigenvalue weighted by Crippen LogP contribution is -2.12. The van der Waals surface area contributed by atoms with Crippen LogP contribution in [0, 0.1) is 6.92 Å². The maximum absolute atomic E-state index is 5.50. The molecule has 1 aliphatic rings. The molecule has 0 unspecified atom stereocenters. The van der Waals surface area contributed by atoms with Crippen LogP contribution in [0.2, 0.25) is 0 Å². The van der Waals surface area contributed by atoms with Gasteiger partial charge in [-0.15, -0.1) is 0 Å². The predicted octanol–water partition coefficient (Wildman–Crippen LogP) is 3.38. The minimum absolute atomic E-state index is 0.747. The molecule has 0 fully saturated rings. The molecule has 1 aromatic heterocycles. The molecule has 0 amide bonds. The van der Waals surface area contributed by atoms with Crippen LogP contribution in [0.1, 0.15) is 29.7 Å². The van der Waals surface area contributed by atoms with E-state index in [4.69, 9.17) is 14.7 Å². The Morgan fingerprint density at radius 3 is 2.71 bits per heavy atom. The number of hydrogen-bond acceptors (Lipinski definition) is 4. The summed E-state index contributed by atoms with van der Waals surface area (Å²) in [6.45, 7) is 2.05. The lowest BCUT2D eigenvalue weighted by molar-refractivity contribution is 0.416. The second-order valence-electron chi connectivity index (χ2n) is 5.48. The fourth-order valence-electron chi connectivity index (χ4n) is 2.90.